The van der Waals surface area contributed by atoms with Gasteiger partial charge in [-0.1, -0.05) is 45.1 Å². The summed E-state index contributed by atoms with van der Waals surface area (Å²) in [6, 6.07) is 5.11. The minimum absolute atomic E-state index is 0.0247. The molecular weight excluding hydrogens is 883 g/mol. The standard InChI is InChI=1S/C51H81NO16/c1-11-43(62-32-28-58-13-3)39(8)48-44(66-48)36-50(9,63-33-29-59-14-4)25-16-17-37(6)47-38(7)18-23-45(67-49(54)65-41-21-19-40(20-22-41)52(55)56)51(10,64-34-30-60-15-5)26-24-42(35-46(53)68-47)61-31-27-57-12-2/h16-23,25,38-39,42-45,47-48H,11-15,24,26-36H2,1-10H3/b23-18+,25-16+,37-17+. The molecule has 2 aliphatic rings. The van der Waals surface area contributed by atoms with Crippen LogP contribution in [0.2, 0.25) is 0 Å². The summed E-state index contributed by atoms with van der Waals surface area (Å²) in [6.45, 7) is 24.9. The Morgan fingerprint density at radius 3 is 2.19 bits per heavy atom. The molecule has 68 heavy (non-hydrogen) atoms. The summed E-state index contributed by atoms with van der Waals surface area (Å²) in [5.74, 6) is -0.624. The Kier molecular flexibility index (Phi) is 27.1. The van der Waals surface area contributed by atoms with Crippen molar-refractivity contribution in [1.82, 2.24) is 0 Å². The molecule has 386 valence electrons. The van der Waals surface area contributed by atoms with E-state index in [0.717, 1.165) is 12.0 Å². The number of esters is 1. The Bertz CT molecular complexity index is 1700. The van der Waals surface area contributed by atoms with Crippen LogP contribution >= 0.6 is 0 Å². The first kappa shape index (κ1) is 58.5. The molecule has 0 amide bonds. The van der Waals surface area contributed by atoms with Crippen molar-refractivity contribution in [2.45, 2.75) is 149 Å². The predicted octanol–water partition coefficient (Wildman–Crippen LogP) is 8.94. The van der Waals surface area contributed by atoms with Gasteiger partial charge in [-0.25, -0.2) is 4.79 Å². The number of allylic oxidation sites excluding steroid dienone is 2. The van der Waals surface area contributed by atoms with E-state index in [2.05, 4.69) is 13.8 Å². The van der Waals surface area contributed by atoms with Gasteiger partial charge >= 0.3 is 12.1 Å². The summed E-state index contributed by atoms with van der Waals surface area (Å²) in [4.78, 5) is 38.0. The highest BCUT2D eigenvalue weighted by Gasteiger charge is 2.48. The zero-order valence-corrected chi connectivity index (χ0v) is 42.3. The number of cyclic esters (lactones) is 1. The fourth-order valence-electron chi connectivity index (χ4n) is 8.07. The average Bonchev–Trinajstić information content (AvgIpc) is 4.08. The first-order valence-electron chi connectivity index (χ1n) is 24.5. The number of benzene rings is 1. The normalized spacial score (nSPS) is 25.9. The number of ether oxygens (including phenoxy) is 12. The molecule has 0 N–H and O–H groups in total. The minimum Gasteiger partial charge on any atom is -0.457 e. The van der Waals surface area contributed by atoms with Crippen molar-refractivity contribution < 1.29 is 71.4 Å². The van der Waals surface area contributed by atoms with Crippen LogP contribution in [0.25, 0.3) is 0 Å². The van der Waals surface area contributed by atoms with Gasteiger partial charge in [0.25, 0.3) is 5.69 Å². The topological polar surface area (TPSA) is 191 Å². The fraction of sp³-hybridized carbons (Fsp3) is 0.725. The third-order valence-corrected chi connectivity index (χ3v) is 12.0. The molecule has 0 saturated carbocycles. The van der Waals surface area contributed by atoms with Gasteiger partial charge in [-0.15, -0.1) is 0 Å². The van der Waals surface area contributed by atoms with E-state index in [0.29, 0.717) is 85.3 Å². The maximum absolute atomic E-state index is 13.8. The second kappa shape index (κ2) is 31.4. The first-order valence-corrected chi connectivity index (χ1v) is 24.5. The van der Waals surface area contributed by atoms with E-state index in [1.807, 2.05) is 79.7 Å². The molecule has 0 spiro atoms. The minimum atomic E-state index is -1.15. The van der Waals surface area contributed by atoms with Crippen molar-refractivity contribution in [2.75, 3.05) is 79.3 Å². The zero-order valence-electron chi connectivity index (χ0n) is 42.3. The number of nitrogens with zero attached hydrogens (tertiary/aromatic N) is 1. The molecule has 1 aromatic carbocycles. The van der Waals surface area contributed by atoms with Gasteiger partial charge in [0, 0.05) is 56.8 Å². The molecular formula is C51H81NO16. The van der Waals surface area contributed by atoms with Gasteiger partial charge < -0.3 is 56.8 Å². The average molecular weight is 964 g/mol. The van der Waals surface area contributed by atoms with Crippen LogP contribution < -0.4 is 4.74 Å². The Hall–Kier alpha value is -3.78. The number of hydrogen-bond donors (Lipinski definition) is 0. The Labute approximate surface area is 404 Å². The number of nitro benzene ring substituents is 1. The number of hydrogen-bond acceptors (Lipinski definition) is 16. The van der Waals surface area contributed by atoms with Gasteiger partial charge in [-0.3, -0.25) is 14.9 Å². The first-order chi connectivity index (χ1) is 32.6. The van der Waals surface area contributed by atoms with Crippen LogP contribution in [0.5, 0.6) is 5.75 Å². The molecule has 17 nitrogen and oxygen atoms in total. The number of non-ortho nitro benzene ring substituents is 1. The van der Waals surface area contributed by atoms with E-state index in [1.165, 1.54) is 24.3 Å². The largest absolute Gasteiger partial charge is 0.514 e. The lowest BCUT2D eigenvalue weighted by atomic mass is 9.88. The third-order valence-electron chi connectivity index (χ3n) is 12.0. The summed E-state index contributed by atoms with van der Waals surface area (Å²) >= 11 is 0. The summed E-state index contributed by atoms with van der Waals surface area (Å²) in [6.07, 6.45) is 8.11. The van der Waals surface area contributed by atoms with E-state index < -0.39 is 52.5 Å². The molecule has 17 heteroatoms. The van der Waals surface area contributed by atoms with Gasteiger partial charge in [0.15, 0.2) is 6.10 Å². The van der Waals surface area contributed by atoms with E-state index in [4.69, 9.17) is 56.8 Å². The lowest BCUT2D eigenvalue weighted by molar-refractivity contribution is -0.384. The molecule has 1 aromatic rings. The highest BCUT2D eigenvalue weighted by molar-refractivity contribution is 5.70. The number of carbonyl (C=O) groups excluding carboxylic acids is 2. The van der Waals surface area contributed by atoms with E-state index >= 15 is 0 Å². The maximum Gasteiger partial charge on any atom is 0.514 e. The monoisotopic (exact) mass is 964 g/mol. The molecule has 0 radical (unpaired) electrons. The van der Waals surface area contributed by atoms with Crippen molar-refractivity contribution in [1.29, 1.82) is 0 Å². The van der Waals surface area contributed by atoms with Crippen LogP contribution in [0.3, 0.4) is 0 Å². The smallest absolute Gasteiger partial charge is 0.457 e. The van der Waals surface area contributed by atoms with E-state index in [1.54, 1.807) is 6.08 Å². The van der Waals surface area contributed by atoms with Crippen molar-refractivity contribution in [3.05, 3.63) is 70.3 Å². The molecule has 0 bridgehead atoms. The number of rotatable bonds is 31. The molecule has 0 aromatic heterocycles. The fourth-order valence-corrected chi connectivity index (χ4v) is 8.07. The predicted molar refractivity (Wildman–Crippen MR) is 256 cm³/mol. The molecule has 0 aliphatic carbocycles. The SMILES string of the molecule is CCOCCOC1CCC(C)(OCCOCC)C(OC(=O)Oc2ccc([N+](=O)[O-])cc2)/C=C/C(C)C(/C(C)=C/C=C/C(C)(CC2OC2C(C)C(CC)OCCOCC)OCCOCC)OC(=O)C1. The molecule has 10 unspecified atom stereocenters. The zero-order chi connectivity index (χ0) is 50.0. The van der Waals surface area contributed by atoms with Gasteiger partial charge in [-0.2, -0.15) is 0 Å². The summed E-state index contributed by atoms with van der Waals surface area (Å²) < 4.78 is 71.6. The Balaban J connectivity index is 1.96. The maximum atomic E-state index is 13.8. The summed E-state index contributed by atoms with van der Waals surface area (Å²) in [7, 11) is 0. The summed E-state index contributed by atoms with van der Waals surface area (Å²) in [5.41, 5.74) is -1.27. The van der Waals surface area contributed by atoms with Crippen LogP contribution in [0.1, 0.15) is 101 Å². The second-order valence-corrected chi connectivity index (χ2v) is 17.4. The van der Waals surface area contributed by atoms with Gasteiger partial charge in [0.2, 0.25) is 0 Å². The quantitative estimate of drug-likeness (QED) is 0.0100. The molecule has 10 atom stereocenters. The van der Waals surface area contributed by atoms with Crippen LogP contribution in [0, 0.1) is 22.0 Å². The number of nitro groups is 1. The molecule has 1 fully saturated rings. The highest BCUT2D eigenvalue weighted by Crippen LogP contribution is 2.40. The third kappa shape index (κ3) is 21.1. The number of carbonyl (C=O) groups is 2. The van der Waals surface area contributed by atoms with Crippen LogP contribution in [0.4, 0.5) is 10.5 Å². The van der Waals surface area contributed by atoms with E-state index in [-0.39, 0.29) is 55.3 Å². The molecule has 2 aliphatic heterocycles. The molecule has 2 heterocycles. The Morgan fingerprint density at radius 2 is 1.56 bits per heavy atom. The Morgan fingerprint density at radius 1 is 0.926 bits per heavy atom. The highest BCUT2D eigenvalue weighted by atomic mass is 16.7. The van der Waals surface area contributed by atoms with Crippen LogP contribution in [0.15, 0.2) is 60.2 Å². The second-order valence-electron chi connectivity index (χ2n) is 17.4. The van der Waals surface area contributed by atoms with Gasteiger partial charge in [0.05, 0.1) is 94.2 Å². The lowest BCUT2D eigenvalue weighted by Gasteiger charge is -2.37. The van der Waals surface area contributed by atoms with Gasteiger partial charge in [-0.05, 0) is 91.5 Å². The van der Waals surface area contributed by atoms with E-state index in [9.17, 15) is 19.7 Å². The molecule has 1 saturated heterocycles. The lowest BCUT2D eigenvalue weighted by Crippen LogP contribution is -2.46. The number of epoxide rings is 1. The van der Waals surface area contributed by atoms with Crippen LogP contribution in [-0.2, 0) is 56.9 Å². The van der Waals surface area contributed by atoms with Crippen molar-refractivity contribution in [3.8, 4) is 5.75 Å². The van der Waals surface area contributed by atoms with Crippen molar-refractivity contribution in [2.24, 2.45) is 11.8 Å². The molecule has 3 rings (SSSR count). The van der Waals surface area contributed by atoms with Gasteiger partial charge in [0.1, 0.15) is 17.5 Å². The van der Waals surface area contributed by atoms with Crippen molar-refractivity contribution >= 4 is 17.8 Å². The van der Waals surface area contributed by atoms with Crippen LogP contribution in [-0.4, -0.2) is 144 Å². The van der Waals surface area contributed by atoms with Crippen molar-refractivity contribution in [3.63, 3.8) is 0 Å². The summed E-state index contributed by atoms with van der Waals surface area (Å²) in [5, 5.41) is 11.2.